The molecule has 0 aliphatic rings. The smallest absolute Gasteiger partial charge is 0.121 e. The third-order valence-electron chi connectivity index (χ3n) is 3.25. The zero-order chi connectivity index (χ0) is 14.1. The Morgan fingerprint density at radius 1 is 1.26 bits per heavy atom. The Labute approximate surface area is 116 Å². The van der Waals surface area contributed by atoms with E-state index in [0.29, 0.717) is 0 Å². The molecular weight excluding hydrogens is 238 g/mol. The molecule has 0 radical (unpaired) electrons. The van der Waals surface area contributed by atoms with Crippen LogP contribution in [-0.2, 0) is 0 Å². The molecule has 1 N–H and O–H groups in total. The van der Waals surface area contributed by atoms with Crippen LogP contribution in [0.25, 0.3) is 0 Å². The molecule has 0 bridgehead atoms. The van der Waals surface area contributed by atoms with Crippen molar-refractivity contribution in [2.24, 2.45) is 0 Å². The van der Waals surface area contributed by atoms with E-state index in [4.69, 9.17) is 4.74 Å². The summed E-state index contributed by atoms with van der Waals surface area (Å²) < 4.78 is 5.11. The van der Waals surface area contributed by atoms with Crippen molar-refractivity contribution in [3.63, 3.8) is 0 Å². The number of hydrogen-bond donors (Lipinski definition) is 1. The zero-order valence-electron chi connectivity index (χ0n) is 12.0. The van der Waals surface area contributed by atoms with Gasteiger partial charge in [0.25, 0.3) is 0 Å². The fourth-order valence-corrected chi connectivity index (χ4v) is 1.94. The number of nitrogens with zero attached hydrogens (tertiary/aromatic N) is 2. The van der Waals surface area contributed by atoms with E-state index in [1.165, 1.54) is 0 Å². The first kappa shape index (κ1) is 15.5. The second-order valence-electron chi connectivity index (χ2n) is 4.32. The molecule has 104 valence electrons. The van der Waals surface area contributed by atoms with Crippen LogP contribution in [0.15, 0.2) is 24.3 Å². The number of rotatable bonds is 8. The highest BCUT2D eigenvalue weighted by Gasteiger charge is 2.10. The number of hydrogen-bond acceptors (Lipinski definition) is 4. The minimum absolute atomic E-state index is 0.263. The van der Waals surface area contributed by atoms with Gasteiger partial charge in [-0.05, 0) is 30.8 Å². The van der Waals surface area contributed by atoms with Crippen molar-refractivity contribution in [1.82, 2.24) is 10.2 Å². The monoisotopic (exact) mass is 261 g/mol. The summed E-state index contributed by atoms with van der Waals surface area (Å²) in [4.78, 5) is 2.33. The van der Waals surface area contributed by atoms with Crippen molar-refractivity contribution < 1.29 is 4.74 Å². The van der Waals surface area contributed by atoms with Gasteiger partial charge < -0.3 is 9.64 Å². The summed E-state index contributed by atoms with van der Waals surface area (Å²) in [5, 5.41) is 12.5. The molecule has 19 heavy (non-hydrogen) atoms. The molecular formula is C15H23N3O. The average molecular weight is 261 g/mol. The first-order chi connectivity index (χ1) is 9.24. The molecule has 0 spiro atoms. The Balaban J connectivity index is 2.51. The number of ether oxygens (including phenoxy) is 1. The summed E-state index contributed by atoms with van der Waals surface area (Å²) in [6.07, 6.45) is 0. The standard InChI is InChI=1S/C15H23N3O/c1-4-18(5-2)11-10-17-15(12-16)13-6-8-14(19-3)9-7-13/h6-9,15,17H,4-5,10-11H2,1-3H3. The average Bonchev–Trinajstić information content (AvgIpc) is 2.48. The number of methoxy groups -OCH3 is 1. The highest BCUT2D eigenvalue weighted by atomic mass is 16.5. The highest BCUT2D eigenvalue weighted by Crippen LogP contribution is 2.16. The lowest BCUT2D eigenvalue weighted by Gasteiger charge is -2.19. The Morgan fingerprint density at radius 2 is 1.89 bits per heavy atom. The molecule has 1 aromatic carbocycles. The van der Waals surface area contributed by atoms with E-state index in [2.05, 4.69) is 30.1 Å². The Morgan fingerprint density at radius 3 is 2.37 bits per heavy atom. The maximum Gasteiger partial charge on any atom is 0.121 e. The number of benzene rings is 1. The van der Waals surface area contributed by atoms with Crippen molar-refractivity contribution in [1.29, 1.82) is 5.26 Å². The van der Waals surface area contributed by atoms with E-state index in [-0.39, 0.29) is 6.04 Å². The van der Waals surface area contributed by atoms with Crippen LogP contribution in [0.2, 0.25) is 0 Å². The van der Waals surface area contributed by atoms with Crippen molar-refractivity contribution in [3.8, 4) is 11.8 Å². The first-order valence-electron chi connectivity index (χ1n) is 6.74. The maximum atomic E-state index is 9.23. The molecule has 0 aromatic heterocycles. The largest absolute Gasteiger partial charge is 0.497 e. The Bertz CT molecular complexity index is 393. The van der Waals surface area contributed by atoms with Crippen molar-refractivity contribution in [2.45, 2.75) is 19.9 Å². The van der Waals surface area contributed by atoms with Gasteiger partial charge in [0.15, 0.2) is 0 Å². The molecule has 0 aliphatic carbocycles. The van der Waals surface area contributed by atoms with Gasteiger partial charge in [-0.2, -0.15) is 5.26 Å². The fraction of sp³-hybridized carbons (Fsp3) is 0.533. The predicted octanol–water partition coefficient (Wildman–Crippen LogP) is 2.19. The summed E-state index contributed by atoms with van der Waals surface area (Å²) in [6.45, 7) is 8.15. The minimum atomic E-state index is -0.263. The van der Waals surface area contributed by atoms with Gasteiger partial charge in [-0.25, -0.2) is 0 Å². The second kappa shape index (κ2) is 8.52. The van der Waals surface area contributed by atoms with E-state index < -0.39 is 0 Å². The van der Waals surface area contributed by atoms with E-state index in [1.54, 1.807) is 7.11 Å². The van der Waals surface area contributed by atoms with Gasteiger partial charge in [-0.3, -0.25) is 5.32 Å². The van der Waals surface area contributed by atoms with E-state index in [0.717, 1.165) is 37.5 Å². The van der Waals surface area contributed by atoms with E-state index in [9.17, 15) is 5.26 Å². The third kappa shape index (κ3) is 4.90. The summed E-state index contributed by atoms with van der Waals surface area (Å²) in [5.41, 5.74) is 0.975. The molecule has 0 heterocycles. The Kier molecular flexibility index (Phi) is 6.94. The van der Waals surface area contributed by atoms with Crippen LogP contribution in [-0.4, -0.2) is 38.2 Å². The lowest BCUT2D eigenvalue weighted by Crippen LogP contribution is -2.33. The number of likely N-dealkylation sites (N-methyl/N-ethyl adjacent to an activating group) is 1. The molecule has 0 fully saturated rings. The quantitative estimate of drug-likeness (QED) is 0.779. The van der Waals surface area contributed by atoms with Gasteiger partial charge in [0.1, 0.15) is 11.8 Å². The minimum Gasteiger partial charge on any atom is -0.497 e. The lowest BCUT2D eigenvalue weighted by atomic mass is 10.1. The van der Waals surface area contributed by atoms with Crippen LogP contribution in [0.5, 0.6) is 5.75 Å². The molecule has 1 rings (SSSR count). The highest BCUT2D eigenvalue weighted by molar-refractivity contribution is 5.31. The van der Waals surface area contributed by atoms with Gasteiger partial charge in [0.2, 0.25) is 0 Å². The molecule has 0 amide bonds. The predicted molar refractivity (Wildman–Crippen MR) is 77.1 cm³/mol. The summed E-state index contributed by atoms with van der Waals surface area (Å²) in [6, 6.07) is 9.65. The van der Waals surface area contributed by atoms with E-state index >= 15 is 0 Å². The number of nitrogens with one attached hydrogen (secondary N) is 1. The van der Waals surface area contributed by atoms with Crippen molar-refractivity contribution in [3.05, 3.63) is 29.8 Å². The van der Waals surface area contributed by atoms with E-state index in [1.807, 2.05) is 24.3 Å². The van der Waals surface area contributed by atoms with Crippen molar-refractivity contribution >= 4 is 0 Å². The zero-order valence-corrected chi connectivity index (χ0v) is 12.0. The molecule has 4 nitrogen and oxygen atoms in total. The van der Waals surface area contributed by atoms with Gasteiger partial charge >= 0.3 is 0 Å². The normalized spacial score (nSPS) is 12.2. The lowest BCUT2D eigenvalue weighted by molar-refractivity contribution is 0.300. The van der Waals surface area contributed by atoms with Gasteiger partial charge in [0, 0.05) is 13.1 Å². The molecule has 1 unspecified atom stereocenters. The van der Waals surface area contributed by atoms with Gasteiger partial charge in [0.05, 0.1) is 13.2 Å². The van der Waals surface area contributed by atoms with Crippen LogP contribution in [0.1, 0.15) is 25.5 Å². The Hall–Kier alpha value is -1.57. The van der Waals surface area contributed by atoms with Crippen LogP contribution in [0.4, 0.5) is 0 Å². The maximum absolute atomic E-state index is 9.23. The SMILES string of the molecule is CCN(CC)CCNC(C#N)c1ccc(OC)cc1. The summed E-state index contributed by atoms with van der Waals surface area (Å²) in [5.74, 6) is 0.809. The molecule has 0 saturated heterocycles. The second-order valence-corrected chi connectivity index (χ2v) is 4.32. The van der Waals surface area contributed by atoms with Crippen molar-refractivity contribution in [2.75, 3.05) is 33.3 Å². The van der Waals surface area contributed by atoms with Crippen LogP contribution < -0.4 is 10.1 Å². The molecule has 1 aromatic rings. The van der Waals surface area contributed by atoms with Crippen LogP contribution in [0.3, 0.4) is 0 Å². The summed E-state index contributed by atoms with van der Waals surface area (Å²) >= 11 is 0. The number of nitriles is 1. The summed E-state index contributed by atoms with van der Waals surface area (Å²) in [7, 11) is 1.64. The molecule has 0 saturated carbocycles. The first-order valence-corrected chi connectivity index (χ1v) is 6.74. The van der Waals surface area contributed by atoms with Gasteiger partial charge in [-0.1, -0.05) is 26.0 Å². The van der Waals surface area contributed by atoms with Crippen LogP contribution >= 0.6 is 0 Å². The van der Waals surface area contributed by atoms with Gasteiger partial charge in [-0.15, -0.1) is 0 Å². The molecule has 1 atom stereocenters. The van der Waals surface area contributed by atoms with Crippen LogP contribution in [0, 0.1) is 11.3 Å². The fourth-order valence-electron chi connectivity index (χ4n) is 1.94. The topological polar surface area (TPSA) is 48.3 Å². The third-order valence-corrected chi connectivity index (χ3v) is 3.25. The molecule has 0 aliphatic heterocycles. The molecule has 4 heteroatoms.